The van der Waals surface area contributed by atoms with Crippen LogP contribution in [0.15, 0.2) is 18.3 Å². The molecule has 5 nitrogen and oxygen atoms in total. The van der Waals surface area contributed by atoms with Gasteiger partial charge < -0.3 is 9.64 Å². The summed E-state index contributed by atoms with van der Waals surface area (Å²) in [6.07, 6.45) is 3.25. The Morgan fingerprint density at radius 2 is 2.42 bits per heavy atom. The standard InChI is InChI=1S/C14H17N3O2/c1-14(9-15)5-3-7-17(10-14)13(18)11-4-6-16-12(8-11)19-2/h4,6,8H,3,5,7,10H2,1-2H3/t14-/m0/s1. The number of methoxy groups -OCH3 is 1. The van der Waals surface area contributed by atoms with Gasteiger partial charge in [0.1, 0.15) is 0 Å². The fraction of sp³-hybridized carbons (Fsp3) is 0.500. The minimum atomic E-state index is -0.439. The van der Waals surface area contributed by atoms with Crippen LogP contribution in [0.2, 0.25) is 0 Å². The summed E-state index contributed by atoms with van der Waals surface area (Å²) in [5, 5.41) is 9.18. The third-order valence-corrected chi connectivity index (χ3v) is 3.44. The summed E-state index contributed by atoms with van der Waals surface area (Å²) in [5.74, 6) is 0.354. The van der Waals surface area contributed by atoms with Crippen molar-refractivity contribution in [3.8, 4) is 11.9 Å². The molecule has 0 saturated carbocycles. The van der Waals surface area contributed by atoms with Crippen molar-refractivity contribution < 1.29 is 9.53 Å². The van der Waals surface area contributed by atoms with Crippen LogP contribution in [0.4, 0.5) is 0 Å². The fourth-order valence-electron chi connectivity index (χ4n) is 2.34. The summed E-state index contributed by atoms with van der Waals surface area (Å²) < 4.78 is 5.02. The number of carbonyl (C=O) groups excluding carboxylic acids is 1. The number of hydrogen-bond acceptors (Lipinski definition) is 4. The van der Waals surface area contributed by atoms with Crippen molar-refractivity contribution in [2.75, 3.05) is 20.2 Å². The minimum Gasteiger partial charge on any atom is -0.481 e. The minimum absolute atomic E-state index is 0.0677. The molecule has 0 unspecified atom stereocenters. The highest BCUT2D eigenvalue weighted by Crippen LogP contribution is 2.29. The lowest BCUT2D eigenvalue weighted by Crippen LogP contribution is -2.44. The summed E-state index contributed by atoms with van der Waals surface area (Å²) >= 11 is 0. The first-order chi connectivity index (χ1) is 9.08. The van der Waals surface area contributed by atoms with Gasteiger partial charge in [-0.3, -0.25) is 4.79 Å². The van der Waals surface area contributed by atoms with Crippen molar-refractivity contribution >= 4 is 5.91 Å². The molecule has 1 fully saturated rings. The third-order valence-electron chi connectivity index (χ3n) is 3.44. The van der Waals surface area contributed by atoms with Gasteiger partial charge in [0, 0.05) is 30.9 Å². The van der Waals surface area contributed by atoms with E-state index in [0.29, 0.717) is 24.5 Å². The molecule has 2 heterocycles. The third kappa shape index (κ3) is 2.84. The van der Waals surface area contributed by atoms with E-state index < -0.39 is 5.41 Å². The van der Waals surface area contributed by atoms with Crippen LogP contribution in [-0.2, 0) is 0 Å². The van der Waals surface area contributed by atoms with E-state index in [1.54, 1.807) is 23.2 Å². The summed E-state index contributed by atoms with van der Waals surface area (Å²) in [5.41, 5.74) is 0.111. The number of nitrogens with zero attached hydrogens (tertiary/aromatic N) is 3. The normalized spacial score (nSPS) is 22.7. The number of amides is 1. The SMILES string of the molecule is COc1cc(C(=O)N2CCC[C@@](C)(C#N)C2)ccn1. The van der Waals surface area contributed by atoms with Gasteiger partial charge in [-0.2, -0.15) is 5.26 Å². The highest BCUT2D eigenvalue weighted by atomic mass is 16.5. The predicted molar refractivity (Wildman–Crippen MR) is 69.6 cm³/mol. The first-order valence-electron chi connectivity index (χ1n) is 6.28. The maximum absolute atomic E-state index is 12.4. The molecule has 0 radical (unpaired) electrons. The van der Waals surface area contributed by atoms with Crippen molar-refractivity contribution in [1.82, 2.24) is 9.88 Å². The van der Waals surface area contributed by atoms with E-state index in [4.69, 9.17) is 4.74 Å². The van der Waals surface area contributed by atoms with Gasteiger partial charge in [-0.05, 0) is 25.8 Å². The number of piperidine rings is 1. The lowest BCUT2D eigenvalue weighted by molar-refractivity contribution is 0.0629. The van der Waals surface area contributed by atoms with E-state index in [0.717, 1.165) is 12.8 Å². The van der Waals surface area contributed by atoms with Crippen molar-refractivity contribution in [3.05, 3.63) is 23.9 Å². The molecule has 1 aliphatic rings. The Bertz CT molecular complexity index is 524. The van der Waals surface area contributed by atoms with Crippen LogP contribution in [0.3, 0.4) is 0 Å². The van der Waals surface area contributed by atoms with Gasteiger partial charge in [-0.1, -0.05) is 0 Å². The second-order valence-corrected chi connectivity index (χ2v) is 5.09. The van der Waals surface area contributed by atoms with Crippen LogP contribution in [0.5, 0.6) is 5.88 Å². The van der Waals surface area contributed by atoms with E-state index in [9.17, 15) is 10.1 Å². The second-order valence-electron chi connectivity index (χ2n) is 5.09. The van der Waals surface area contributed by atoms with Gasteiger partial charge >= 0.3 is 0 Å². The van der Waals surface area contributed by atoms with Crippen LogP contribution in [0.25, 0.3) is 0 Å². The van der Waals surface area contributed by atoms with E-state index >= 15 is 0 Å². The molecular formula is C14H17N3O2. The molecule has 1 aromatic heterocycles. The summed E-state index contributed by atoms with van der Waals surface area (Å²) in [4.78, 5) is 18.1. The van der Waals surface area contributed by atoms with E-state index in [2.05, 4.69) is 11.1 Å². The Labute approximate surface area is 112 Å². The zero-order valence-electron chi connectivity index (χ0n) is 11.2. The molecule has 0 spiro atoms. The molecule has 100 valence electrons. The maximum Gasteiger partial charge on any atom is 0.254 e. The van der Waals surface area contributed by atoms with E-state index in [-0.39, 0.29) is 5.91 Å². The average Bonchev–Trinajstić information content (AvgIpc) is 2.46. The average molecular weight is 259 g/mol. The topological polar surface area (TPSA) is 66.2 Å². The van der Waals surface area contributed by atoms with Gasteiger partial charge in [0.05, 0.1) is 18.6 Å². The summed E-state index contributed by atoms with van der Waals surface area (Å²) in [7, 11) is 1.52. The molecular weight excluding hydrogens is 242 g/mol. The number of likely N-dealkylation sites (tertiary alicyclic amines) is 1. The molecule has 0 bridgehead atoms. The molecule has 0 aromatic carbocycles. The highest BCUT2D eigenvalue weighted by Gasteiger charge is 2.33. The van der Waals surface area contributed by atoms with E-state index in [1.807, 2.05) is 6.92 Å². The van der Waals surface area contributed by atoms with Gasteiger partial charge in [0.2, 0.25) is 5.88 Å². The lowest BCUT2D eigenvalue weighted by Gasteiger charge is -2.36. The second kappa shape index (κ2) is 5.27. The van der Waals surface area contributed by atoms with Crippen LogP contribution in [-0.4, -0.2) is 36.0 Å². The number of carbonyl (C=O) groups is 1. The Morgan fingerprint density at radius 3 is 3.11 bits per heavy atom. The first-order valence-corrected chi connectivity index (χ1v) is 6.28. The van der Waals surface area contributed by atoms with Crippen molar-refractivity contribution in [2.45, 2.75) is 19.8 Å². The highest BCUT2D eigenvalue weighted by molar-refractivity contribution is 5.94. The number of nitriles is 1. The zero-order chi connectivity index (χ0) is 13.9. The van der Waals surface area contributed by atoms with Crippen LogP contribution >= 0.6 is 0 Å². The summed E-state index contributed by atoms with van der Waals surface area (Å²) in [6, 6.07) is 5.60. The molecule has 1 aliphatic heterocycles. The molecule has 1 saturated heterocycles. The monoisotopic (exact) mass is 259 g/mol. The van der Waals surface area contributed by atoms with Crippen LogP contribution in [0.1, 0.15) is 30.1 Å². The van der Waals surface area contributed by atoms with Gasteiger partial charge in [0.25, 0.3) is 5.91 Å². The van der Waals surface area contributed by atoms with Crippen LogP contribution < -0.4 is 4.74 Å². The molecule has 0 N–H and O–H groups in total. The largest absolute Gasteiger partial charge is 0.481 e. The van der Waals surface area contributed by atoms with Crippen molar-refractivity contribution in [3.63, 3.8) is 0 Å². The quantitative estimate of drug-likeness (QED) is 0.813. The van der Waals surface area contributed by atoms with Crippen LogP contribution in [0, 0.1) is 16.7 Å². The molecule has 1 amide bonds. The fourth-order valence-corrected chi connectivity index (χ4v) is 2.34. The smallest absolute Gasteiger partial charge is 0.254 e. The van der Waals surface area contributed by atoms with Crippen molar-refractivity contribution in [2.24, 2.45) is 5.41 Å². The molecule has 2 rings (SSSR count). The van der Waals surface area contributed by atoms with Crippen molar-refractivity contribution in [1.29, 1.82) is 5.26 Å². The predicted octanol–water partition coefficient (Wildman–Crippen LogP) is 1.86. The first kappa shape index (κ1) is 13.3. The number of ether oxygens (including phenoxy) is 1. The molecule has 5 heteroatoms. The number of aromatic nitrogens is 1. The molecule has 19 heavy (non-hydrogen) atoms. The number of hydrogen-bond donors (Lipinski definition) is 0. The molecule has 0 aliphatic carbocycles. The Balaban J connectivity index is 2.17. The molecule has 1 atom stereocenters. The molecule has 1 aromatic rings. The van der Waals surface area contributed by atoms with E-state index in [1.165, 1.54) is 7.11 Å². The Hall–Kier alpha value is -2.09. The maximum atomic E-state index is 12.4. The van der Waals surface area contributed by atoms with Gasteiger partial charge in [-0.25, -0.2) is 4.98 Å². The number of rotatable bonds is 2. The Morgan fingerprint density at radius 1 is 1.63 bits per heavy atom. The summed E-state index contributed by atoms with van der Waals surface area (Å²) in [6.45, 7) is 3.08. The number of pyridine rings is 1. The Kier molecular flexibility index (Phi) is 3.70. The van der Waals surface area contributed by atoms with Gasteiger partial charge in [-0.15, -0.1) is 0 Å². The zero-order valence-corrected chi connectivity index (χ0v) is 11.2. The van der Waals surface area contributed by atoms with Gasteiger partial charge in [0.15, 0.2) is 0 Å². The lowest BCUT2D eigenvalue weighted by atomic mass is 9.83.